The molecule has 1 aliphatic rings. The number of fused-ring (bicyclic) bond motifs is 1. The number of anilines is 1. The third-order valence-electron chi connectivity index (χ3n) is 3.76. The lowest BCUT2D eigenvalue weighted by molar-refractivity contribution is 0.0982. The zero-order chi connectivity index (χ0) is 14.1. The molecule has 104 valence electrons. The van der Waals surface area contributed by atoms with Crippen LogP contribution >= 0.6 is 0 Å². The average Bonchev–Trinajstić information content (AvgIpc) is 3.04. The standard InChI is InChI=1S/C15H18N4O/c1-18-9-7-13(17-18)15(20)19-10-11(6-8-16)12-4-2-3-5-14(12)19/h2-5,7,9,11H,6,8,10,16H2,1H3. The van der Waals surface area contributed by atoms with Crippen LogP contribution in [0.2, 0.25) is 0 Å². The summed E-state index contributed by atoms with van der Waals surface area (Å²) >= 11 is 0. The average molecular weight is 270 g/mol. The smallest absolute Gasteiger partial charge is 0.278 e. The van der Waals surface area contributed by atoms with E-state index in [-0.39, 0.29) is 5.91 Å². The molecule has 0 radical (unpaired) electrons. The first kappa shape index (κ1) is 12.9. The van der Waals surface area contributed by atoms with Crippen LogP contribution in [0, 0.1) is 0 Å². The van der Waals surface area contributed by atoms with Gasteiger partial charge in [0.15, 0.2) is 5.69 Å². The van der Waals surface area contributed by atoms with Gasteiger partial charge in [-0.15, -0.1) is 0 Å². The molecule has 0 fully saturated rings. The highest BCUT2D eigenvalue weighted by molar-refractivity contribution is 6.06. The fourth-order valence-corrected chi connectivity index (χ4v) is 2.80. The second-order valence-electron chi connectivity index (χ2n) is 5.12. The second kappa shape index (κ2) is 5.09. The molecule has 1 aromatic heterocycles. The Morgan fingerprint density at radius 2 is 2.20 bits per heavy atom. The monoisotopic (exact) mass is 270 g/mol. The SMILES string of the molecule is Cn1ccc(C(=O)N2CC(CCN)c3ccccc32)n1. The molecule has 2 heterocycles. The predicted molar refractivity (Wildman–Crippen MR) is 77.7 cm³/mol. The zero-order valence-electron chi connectivity index (χ0n) is 11.5. The predicted octanol–water partition coefficient (Wildman–Crippen LogP) is 1.51. The summed E-state index contributed by atoms with van der Waals surface area (Å²) in [4.78, 5) is 14.4. The van der Waals surface area contributed by atoms with Gasteiger partial charge < -0.3 is 10.6 Å². The number of aromatic nitrogens is 2. The van der Waals surface area contributed by atoms with E-state index in [1.165, 1.54) is 5.56 Å². The van der Waals surface area contributed by atoms with Crippen LogP contribution in [0.25, 0.3) is 0 Å². The van der Waals surface area contributed by atoms with Crippen LogP contribution < -0.4 is 10.6 Å². The largest absolute Gasteiger partial charge is 0.330 e. The minimum atomic E-state index is -0.0439. The second-order valence-corrected chi connectivity index (χ2v) is 5.12. The van der Waals surface area contributed by atoms with Crippen molar-refractivity contribution in [3.8, 4) is 0 Å². The molecule has 1 unspecified atom stereocenters. The van der Waals surface area contributed by atoms with Crippen molar-refractivity contribution < 1.29 is 4.79 Å². The highest BCUT2D eigenvalue weighted by Gasteiger charge is 2.32. The molecule has 2 aromatic rings. The number of nitrogens with zero attached hydrogens (tertiary/aromatic N) is 3. The fourth-order valence-electron chi connectivity index (χ4n) is 2.80. The quantitative estimate of drug-likeness (QED) is 0.919. The van der Waals surface area contributed by atoms with Crippen LogP contribution in [0.3, 0.4) is 0 Å². The molecule has 5 heteroatoms. The molecule has 0 saturated carbocycles. The summed E-state index contributed by atoms with van der Waals surface area (Å²) in [5, 5.41) is 4.20. The molecule has 1 amide bonds. The van der Waals surface area contributed by atoms with Gasteiger partial charge in [-0.2, -0.15) is 5.10 Å². The van der Waals surface area contributed by atoms with Gasteiger partial charge in [0, 0.05) is 31.4 Å². The van der Waals surface area contributed by atoms with Crippen molar-refractivity contribution in [1.82, 2.24) is 9.78 Å². The van der Waals surface area contributed by atoms with Crippen molar-refractivity contribution in [3.63, 3.8) is 0 Å². The molecule has 1 aromatic carbocycles. The van der Waals surface area contributed by atoms with E-state index in [0.29, 0.717) is 24.7 Å². The molecule has 5 nitrogen and oxygen atoms in total. The summed E-state index contributed by atoms with van der Waals surface area (Å²) < 4.78 is 1.65. The molecule has 0 saturated heterocycles. The first-order chi connectivity index (χ1) is 9.70. The van der Waals surface area contributed by atoms with E-state index in [9.17, 15) is 4.79 Å². The van der Waals surface area contributed by atoms with E-state index in [0.717, 1.165) is 12.1 Å². The molecule has 0 aliphatic carbocycles. The highest BCUT2D eigenvalue weighted by atomic mass is 16.2. The van der Waals surface area contributed by atoms with E-state index >= 15 is 0 Å². The topological polar surface area (TPSA) is 64.2 Å². The molecule has 3 rings (SSSR count). The van der Waals surface area contributed by atoms with Crippen LogP contribution in [0.5, 0.6) is 0 Å². The number of benzene rings is 1. The Bertz CT molecular complexity index is 634. The summed E-state index contributed by atoms with van der Waals surface area (Å²) in [6, 6.07) is 9.80. The van der Waals surface area contributed by atoms with Crippen molar-refractivity contribution in [1.29, 1.82) is 0 Å². The summed E-state index contributed by atoms with van der Waals surface area (Å²) in [5.41, 5.74) is 8.36. The van der Waals surface area contributed by atoms with Crippen molar-refractivity contribution in [3.05, 3.63) is 47.8 Å². The molecular formula is C15H18N4O. The summed E-state index contributed by atoms with van der Waals surface area (Å²) in [5.74, 6) is 0.279. The maximum Gasteiger partial charge on any atom is 0.278 e. The van der Waals surface area contributed by atoms with Crippen molar-refractivity contribution in [2.45, 2.75) is 12.3 Å². The first-order valence-corrected chi connectivity index (χ1v) is 6.81. The van der Waals surface area contributed by atoms with E-state index < -0.39 is 0 Å². The molecule has 2 N–H and O–H groups in total. The minimum Gasteiger partial charge on any atom is -0.330 e. The van der Waals surface area contributed by atoms with Crippen LogP contribution in [0.15, 0.2) is 36.5 Å². The Morgan fingerprint density at radius 3 is 2.90 bits per heavy atom. The Labute approximate surface area is 118 Å². The van der Waals surface area contributed by atoms with Crippen molar-refractivity contribution >= 4 is 11.6 Å². The number of rotatable bonds is 3. The zero-order valence-corrected chi connectivity index (χ0v) is 11.5. The third-order valence-corrected chi connectivity index (χ3v) is 3.76. The third kappa shape index (κ3) is 2.10. The summed E-state index contributed by atoms with van der Waals surface area (Å²) in [7, 11) is 1.81. The van der Waals surface area contributed by atoms with E-state index in [1.807, 2.05) is 30.1 Å². The number of aryl methyl sites for hydroxylation is 1. The number of hydrogen-bond acceptors (Lipinski definition) is 3. The van der Waals surface area contributed by atoms with Crippen LogP contribution in [-0.2, 0) is 7.05 Å². The normalized spacial score (nSPS) is 17.3. The Morgan fingerprint density at radius 1 is 1.40 bits per heavy atom. The van der Waals surface area contributed by atoms with Gasteiger partial charge in [0.05, 0.1) is 0 Å². The number of amides is 1. The van der Waals surface area contributed by atoms with Gasteiger partial charge in [-0.05, 0) is 30.7 Å². The van der Waals surface area contributed by atoms with Gasteiger partial charge in [0.2, 0.25) is 0 Å². The number of carbonyl (C=O) groups is 1. The van der Waals surface area contributed by atoms with E-state index in [4.69, 9.17) is 5.73 Å². The lowest BCUT2D eigenvalue weighted by Gasteiger charge is -2.16. The highest BCUT2D eigenvalue weighted by Crippen LogP contribution is 2.38. The Balaban J connectivity index is 1.93. The molecule has 1 atom stereocenters. The fraction of sp³-hybridized carbons (Fsp3) is 0.333. The van der Waals surface area contributed by atoms with E-state index in [1.54, 1.807) is 16.9 Å². The molecular weight excluding hydrogens is 252 g/mol. The van der Waals surface area contributed by atoms with Crippen LogP contribution in [0.1, 0.15) is 28.4 Å². The molecule has 1 aliphatic heterocycles. The first-order valence-electron chi connectivity index (χ1n) is 6.81. The Hall–Kier alpha value is -2.14. The maximum atomic E-state index is 12.6. The number of carbonyl (C=O) groups excluding carboxylic acids is 1. The van der Waals surface area contributed by atoms with Crippen molar-refractivity contribution in [2.24, 2.45) is 12.8 Å². The molecule has 0 bridgehead atoms. The molecule has 0 spiro atoms. The lowest BCUT2D eigenvalue weighted by atomic mass is 9.98. The summed E-state index contributed by atoms with van der Waals surface area (Å²) in [6.07, 6.45) is 2.68. The summed E-state index contributed by atoms with van der Waals surface area (Å²) in [6.45, 7) is 1.32. The van der Waals surface area contributed by atoms with Crippen LogP contribution in [-0.4, -0.2) is 28.8 Å². The number of hydrogen-bond donors (Lipinski definition) is 1. The van der Waals surface area contributed by atoms with Gasteiger partial charge in [0.1, 0.15) is 0 Å². The van der Waals surface area contributed by atoms with Gasteiger partial charge in [0.25, 0.3) is 5.91 Å². The lowest BCUT2D eigenvalue weighted by Crippen LogP contribution is -2.30. The molecule has 20 heavy (non-hydrogen) atoms. The van der Waals surface area contributed by atoms with Gasteiger partial charge >= 0.3 is 0 Å². The van der Waals surface area contributed by atoms with Gasteiger partial charge in [-0.3, -0.25) is 9.48 Å². The number of para-hydroxylation sites is 1. The maximum absolute atomic E-state index is 12.6. The van der Waals surface area contributed by atoms with Crippen LogP contribution in [0.4, 0.5) is 5.69 Å². The Kier molecular flexibility index (Phi) is 3.28. The van der Waals surface area contributed by atoms with Crippen molar-refractivity contribution in [2.75, 3.05) is 18.0 Å². The minimum absolute atomic E-state index is 0.0439. The van der Waals surface area contributed by atoms with Gasteiger partial charge in [-0.1, -0.05) is 18.2 Å². The van der Waals surface area contributed by atoms with E-state index in [2.05, 4.69) is 11.2 Å². The number of nitrogens with two attached hydrogens (primary N) is 1. The van der Waals surface area contributed by atoms with Gasteiger partial charge in [-0.25, -0.2) is 0 Å².